The van der Waals surface area contributed by atoms with Gasteiger partial charge < -0.3 is 4.74 Å². The third kappa shape index (κ3) is 2.91. The van der Waals surface area contributed by atoms with Crippen molar-refractivity contribution in [2.24, 2.45) is 0 Å². The molecule has 0 N–H and O–H groups in total. The summed E-state index contributed by atoms with van der Waals surface area (Å²) in [6.45, 7) is 1.71. The van der Waals surface area contributed by atoms with Crippen molar-refractivity contribution in [2.45, 2.75) is 6.92 Å². The topological polar surface area (TPSA) is 93.2 Å². The molecule has 1 rings (SSSR count). The van der Waals surface area contributed by atoms with Gasteiger partial charge in [-0.05, 0) is 35.6 Å². The number of esters is 1. The molecule has 0 spiro atoms. The smallest absolute Gasteiger partial charge is 0.345 e. The Morgan fingerprint density at radius 3 is 2.76 bits per heavy atom. The van der Waals surface area contributed by atoms with Gasteiger partial charge in [-0.3, -0.25) is 10.1 Å². The van der Waals surface area contributed by atoms with Gasteiger partial charge >= 0.3 is 5.97 Å². The SMILES string of the molecule is CCOC(=O)c1cc(C#N)c(I)cc1[N+](=O)[O-]. The predicted octanol–water partition coefficient (Wildman–Crippen LogP) is 2.25. The molecule has 1 aromatic rings. The standard InChI is InChI=1S/C10H7IN2O4/c1-2-17-10(14)7-3-6(5-12)8(11)4-9(7)13(15)16/h3-4H,2H2,1H3. The number of nitro groups is 1. The first kappa shape index (κ1) is 13.4. The van der Waals surface area contributed by atoms with Gasteiger partial charge in [0.25, 0.3) is 5.69 Å². The minimum atomic E-state index is -0.799. The van der Waals surface area contributed by atoms with E-state index in [1.165, 1.54) is 12.1 Å². The molecule has 0 radical (unpaired) electrons. The van der Waals surface area contributed by atoms with Crippen LogP contribution in [0.15, 0.2) is 12.1 Å². The van der Waals surface area contributed by atoms with Crippen molar-refractivity contribution >= 4 is 34.2 Å². The zero-order valence-electron chi connectivity index (χ0n) is 8.77. The number of nitrogens with zero attached hydrogens (tertiary/aromatic N) is 2. The molecule has 0 aliphatic carbocycles. The van der Waals surface area contributed by atoms with Gasteiger partial charge in [0.2, 0.25) is 0 Å². The normalized spacial score (nSPS) is 9.47. The number of rotatable bonds is 3. The van der Waals surface area contributed by atoms with Gasteiger partial charge in [-0.15, -0.1) is 0 Å². The molecular formula is C10H7IN2O4. The van der Waals surface area contributed by atoms with Crippen LogP contribution in [0, 0.1) is 25.0 Å². The zero-order chi connectivity index (χ0) is 13.0. The number of benzene rings is 1. The van der Waals surface area contributed by atoms with Crippen LogP contribution in [0.25, 0.3) is 0 Å². The molecule has 0 amide bonds. The fourth-order valence-corrected chi connectivity index (χ4v) is 1.74. The maximum absolute atomic E-state index is 11.5. The quantitative estimate of drug-likeness (QED) is 0.362. The van der Waals surface area contributed by atoms with Gasteiger partial charge in [-0.1, -0.05) is 0 Å². The van der Waals surface area contributed by atoms with E-state index >= 15 is 0 Å². The fraction of sp³-hybridized carbons (Fsp3) is 0.200. The molecule has 0 saturated heterocycles. The minimum Gasteiger partial charge on any atom is -0.462 e. The Morgan fingerprint density at radius 2 is 2.29 bits per heavy atom. The van der Waals surface area contributed by atoms with Crippen molar-refractivity contribution in [1.82, 2.24) is 0 Å². The van der Waals surface area contributed by atoms with E-state index in [1.54, 1.807) is 29.5 Å². The summed E-state index contributed by atoms with van der Waals surface area (Å²) >= 11 is 1.80. The van der Waals surface area contributed by atoms with Crippen molar-refractivity contribution in [3.8, 4) is 6.07 Å². The van der Waals surface area contributed by atoms with Crippen LogP contribution in [0.5, 0.6) is 0 Å². The van der Waals surface area contributed by atoms with Gasteiger partial charge in [0.1, 0.15) is 11.6 Å². The van der Waals surface area contributed by atoms with Gasteiger partial charge in [0.15, 0.2) is 0 Å². The summed E-state index contributed by atoms with van der Waals surface area (Å²) in [4.78, 5) is 21.6. The third-order valence-electron chi connectivity index (χ3n) is 1.90. The highest BCUT2D eigenvalue weighted by molar-refractivity contribution is 14.1. The fourth-order valence-electron chi connectivity index (χ4n) is 1.17. The Bertz CT molecular complexity index is 522. The summed E-state index contributed by atoms with van der Waals surface area (Å²) in [5.74, 6) is -0.799. The summed E-state index contributed by atoms with van der Waals surface area (Å²) in [5.41, 5.74) is -0.347. The van der Waals surface area contributed by atoms with Crippen molar-refractivity contribution < 1.29 is 14.5 Å². The van der Waals surface area contributed by atoms with Gasteiger partial charge in [-0.2, -0.15) is 5.26 Å². The first-order valence-electron chi connectivity index (χ1n) is 4.56. The van der Waals surface area contributed by atoms with Crippen LogP contribution in [0.4, 0.5) is 5.69 Å². The van der Waals surface area contributed by atoms with E-state index in [4.69, 9.17) is 10.00 Å². The monoisotopic (exact) mass is 346 g/mol. The van der Waals surface area contributed by atoms with E-state index in [0.29, 0.717) is 3.57 Å². The molecule has 0 aliphatic heterocycles. The van der Waals surface area contributed by atoms with Crippen LogP contribution < -0.4 is 0 Å². The van der Waals surface area contributed by atoms with Crippen molar-refractivity contribution in [3.63, 3.8) is 0 Å². The van der Waals surface area contributed by atoms with Crippen molar-refractivity contribution in [2.75, 3.05) is 6.61 Å². The van der Waals surface area contributed by atoms with E-state index in [0.717, 1.165) is 0 Å². The van der Waals surface area contributed by atoms with Crippen molar-refractivity contribution in [3.05, 3.63) is 36.9 Å². The Balaban J connectivity index is 3.40. The Kier molecular flexibility index (Phi) is 4.39. The summed E-state index contributed by atoms with van der Waals surface area (Å²) in [7, 11) is 0. The first-order valence-corrected chi connectivity index (χ1v) is 5.64. The maximum Gasteiger partial charge on any atom is 0.345 e. The number of carbonyl (C=O) groups excluding carboxylic acids is 1. The average Bonchev–Trinajstić information content (AvgIpc) is 2.28. The van der Waals surface area contributed by atoms with E-state index in [9.17, 15) is 14.9 Å². The third-order valence-corrected chi connectivity index (χ3v) is 2.79. The summed E-state index contributed by atoms with van der Waals surface area (Å²) in [5, 5.41) is 19.6. The van der Waals surface area contributed by atoms with Gasteiger partial charge in [0, 0.05) is 9.64 Å². The molecule has 88 valence electrons. The Hall–Kier alpha value is -1.69. The molecule has 0 atom stereocenters. The molecule has 0 unspecified atom stereocenters. The number of ether oxygens (including phenoxy) is 1. The molecule has 0 saturated carbocycles. The number of nitriles is 1. The number of carbonyl (C=O) groups is 1. The molecule has 17 heavy (non-hydrogen) atoms. The lowest BCUT2D eigenvalue weighted by atomic mass is 10.1. The number of nitro benzene ring substituents is 1. The lowest BCUT2D eigenvalue weighted by Crippen LogP contribution is -2.09. The van der Waals surface area contributed by atoms with Crippen LogP contribution in [0.3, 0.4) is 0 Å². The van der Waals surface area contributed by atoms with E-state index in [-0.39, 0.29) is 23.4 Å². The summed E-state index contributed by atoms with van der Waals surface area (Å²) < 4.78 is 5.12. The Labute approximate surface area is 110 Å². The predicted molar refractivity (Wildman–Crippen MR) is 66.5 cm³/mol. The molecule has 0 aliphatic rings. The molecule has 0 bridgehead atoms. The van der Waals surface area contributed by atoms with E-state index < -0.39 is 10.9 Å². The lowest BCUT2D eigenvalue weighted by molar-refractivity contribution is -0.385. The molecule has 0 heterocycles. The number of hydrogen-bond acceptors (Lipinski definition) is 5. The largest absolute Gasteiger partial charge is 0.462 e. The molecule has 0 aromatic heterocycles. The first-order chi connectivity index (χ1) is 8.01. The second-order valence-electron chi connectivity index (χ2n) is 2.94. The van der Waals surface area contributed by atoms with Crippen LogP contribution in [-0.4, -0.2) is 17.5 Å². The van der Waals surface area contributed by atoms with Crippen LogP contribution in [0.2, 0.25) is 0 Å². The summed E-state index contributed by atoms with van der Waals surface area (Å²) in [6, 6.07) is 4.23. The zero-order valence-corrected chi connectivity index (χ0v) is 10.9. The maximum atomic E-state index is 11.5. The average molecular weight is 346 g/mol. The molecule has 0 fully saturated rings. The molecule has 6 nitrogen and oxygen atoms in total. The van der Waals surface area contributed by atoms with Crippen LogP contribution in [0.1, 0.15) is 22.8 Å². The summed E-state index contributed by atoms with van der Waals surface area (Å²) in [6.07, 6.45) is 0. The Morgan fingerprint density at radius 1 is 1.65 bits per heavy atom. The van der Waals surface area contributed by atoms with E-state index in [1.807, 2.05) is 6.07 Å². The number of hydrogen-bond donors (Lipinski definition) is 0. The minimum absolute atomic E-state index is 0.115. The van der Waals surface area contributed by atoms with Crippen LogP contribution >= 0.6 is 22.6 Å². The molecular weight excluding hydrogens is 339 g/mol. The highest BCUT2D eigenvalue weighted by Gasteiger charge is 2.23. The second kappa shape index (κ2) is 5.58. The molecule has 7 heteroatoms. The molecule has 1 aromatic carbocycles. The van der Waals surface area contributed by atoms with Crippen molar-refractivity contribution in [1.29, 1.82) is 5.26 Å². The van der Waals surface area contributed by atoms with Gasteiger partial charge in [0.05, 0.1) is 17.1 Å². The van der Waals surface area contributed by atoms with Gasteiger partial charge in [-0.25, -0.2) is 4.79 Å². The lowest BCUT2D eigenvalue weighted by Gasteiger charge is -2.04. The number of halogens is 1. The second-order valence-corrected chi connectivity index (χ2v) is 4.10. The van der Waals surface area contributed by atoms with E-state index in [2.05, 4.69) is 0 Å². The highest BCUT2D eigenvalue weighted by Crippen LogP contribution is 2.25. The van der Waals surface area contributed by atoms with Crippen LogP contribution in [-0.2, 0) is 4.74 Å². The highest BCUT2D eigenvalue weighted by atomic mass is 127.